The highest BCUT2D eigenvalue weighted by Crippen LogP contribution is 2.18. The molecular weight excluding hydrogens is 258 g/mol. The van der Waals surface area contributed by atoms with Crippen molar-refractivity contribution in [1.29, 1.82) is 0 Å². The molecule has 0 fully saturated rings. The molecule has 1 amide bonds. The molecule has 1 heterocycles. The number of amides is 1. The number of aromatic nitrogens is 3. The highest BCUT2D eigenvalue weighted by atomic mass is 16.5. The largest absolute Gasteiger partial charge is 0.491 e. The molecule has 2 aromatic rings. The third-order valence-corrected chi connectivity index (χ3v) is 2.83. The number of ether oxygens (including phenoxy) is 1. The van der Waals surface area contributed by atoms with Gasteiger partial charge in [-0.05, 0) is 18.1 Å². The fourth-order valence-electron chi connectivity index (χ4n) is 1.77. The van der Waals surface area contributed by atoms with Crippen LogP contribution >= 0.6 is 0 Å². The zero-order chi connectivity index (χ0) is 14.4. The lowest BCUT2D eigenvalue weighted by Crippen LogP contribution is -2.30. The number of benzene rings is 1. The number of rotatable bonds is 6. The number of nitrogens with one attached hydrogen (secondary N) is 1. The number of hydrogen-bond acceptors (Lipinski definition) is 5. The first-order chi connectivity index (χ1) is 9.74. The van der Waals surface area contributed by atoms with Gasteiger partial charge in [-0.3, -0.25) is 10.2 Å². The highest BCUT2D eigenvalue weighted by Gasteiger charge is 2.08. The molecular formula is C13H17N5O2. The van der Waals surface area contributed by atoms with E-state index in [1.54, 1.807) is 4.68 Å². The van der Waals surface area contributed by atoms with Gasteiger partial charge in [-0.15, -0.1) is 5.10 Å². The number of nitrogens with zero attached hydrogens (tertiary/aromatic N) is 3. The average molecular weight is 275 g/mol. The molecule has 7 nitrogen and oxygen atoms in total. The summed E-state index contributed by atoms with van der Waals surface area (Å²) in [4.78, 5) is 11.2. The smallest absolute Gasteiger partial charge is 0.287 e. The molecule has 0 atom stereocenters. The van der Waals surface area contributed by atoms with E-state index in [0.29, 0.717) is 13.2 Å². The third kappa shape index (κ3) is 3.33. The van der Waals surface area contributed by atoms with Crippen LogP contribution in [0.1, 0.15) is 23.0 Å². The molecule has 0 radical (unpaired) electrons. The van der Waals surface area contributed by atoms with Gasteiger partial charge in [0.25, 0.3) is 5.91 Å². The quantitative estimate of drug-likeness (QED) is 0.455. The van der Waals surface area contributed by atoms with Crippen LogP contribution in [0.5, 0.6) is 5.75 Å². The van der Waals surface area contributed by atoms with Gasteiger partial charge in [0.15, 0.2) is 5.69 Å². The lowest BCUT2D eigenvalue weighted by Gasteiger charge is -2.09. The maximum atomic E-state index is 11.2. The number of hydrogen-bond donors (Lipinski definition) is 2. The Morgan fingerprint density at radius 2 is 2.25 bits per heavy atom. The van der Waals surface area contributed by atoms with Crippen LogP contribution in [0, 0.1) is 0 Å². The maximum Gasteiger partial charge on any atom is 0.287 e. The SMILES string of the molecule is CCc1ccccc1OCCn1cc(C(=O)NN)nn1. The summed E-state index contributed by atoms with van der Waals surface area (Å²) in [5, 5.41) is 7.54. The third-order valence-electron chi connectivity index (χ3n) is 2.83. The van der Waals surface area contributed by atoms with Crippen LogP contribution in [-0.4, -0.2) is 27.5 Å². The van der Waals surface area contributed by atoms with E-state index in [2.05, 4.69) is 17.2 Å². The minimum absolute atomic E-state index is 0.182. The average Bonchev–Trinajstić information content (AvgIpc) is 2.96. The monoisotopic (exact) mass is 275 g/mol. The second kappa shape index (κ2) is 6.67. The van der Waals surface area contributed by atoms with E-state index in [4.69, 9.17) is 10.6 Å². The zero-order valence-corrected chi connectivity index (χ0v) is 11.2. The van der Waals surface area contributed by atoms with Crippen molar-refractivity contribution in [3.05, 3.63) is 41.7 Å². The Labute approximate surface area is 116 Å². The van der Waals surface area contributed by atoms with Crippen LogP contribution in [-0.2, 0) is 13.0 Å². The summed E-state index contributed by atoms with van der Waals surface area (Å²) in [5.74, 6) is 5.43. The van der Waals surface area contributed by atoms with E-state index in [1.807, 2.05) is 29.7 Å². The first-order valence-corrected chi connectivity index (χ1v) is 6.36. The van der Waals surface area contributed by atoms with Crippen molar-refractivity contribution in [3.8, 4) is 5.75 Å². The molecule has 0 aliphatic heterocycles. The minimum atomic E-state index is -0.464. The van der Waals surface area contributed by atoms with Gasteiger partial charge in [-0.1, -0.05) is 30.3 Å². The summed E-state index contributed by atoms with van der Waals surface area (Å²) < 4.78 is 7.25. The van der Waals surface area contributed by atoms with E-state index >= 15 is 0 Å². The van der Waals surface area contributed by atoms with E-state index < -0.39 is 5.91 Å². The number of hydrazine groups is 1. The Balaban J connectivity index is 1.89. The first-order valence-electron chi connectivity index (χ1n) is 6.36. The van der Waals surface area contributed by atoms with Crippen molar-refractivity contribution in [3.63, 3.8) is 0 Å². The molecule has 7 heteroatoms. The van der Waals surface area contributed by atoms with Crippen molar-refractivity contribution in [1.82, 2.24) is 20.4 Å². The molecule has 1 aromatic carbocycles. The summed E-state index contributed by atoms with van der Waals surface area (Å²) in [7, 11) is 0. The number of carbonyl (C=O) groups is 1. The predicted molar refractivity (Wildman–Crippen MR) is 73.0 cm³/mol. The molecule has 0 spiro atoms. The van der Waals surface area contributed by atoms with Gasteiger partial charge in [0.05, 0.1) is 12.7 Å². The Hall–Kier alpha value is -2.41. The van der Waals surface area contributed by atoms with Gasteiger partial charge in [0, 0.05) is 0 Å². The molecule has 0 bridgehead atoms. The van der Waals surface area contributed by atoms with E-state index in [1.165, 1.54) is 6.20 Å². The first kappa shape index (κ1) is 14.0. The van der Waals surface area contributed by atoms with Gasteiger partial charge in [0.1, 0.15) is 12.4 Å². The summed E-state index contributed by atoms with van der Waals surface area (Å²) >= 11 is 0. The van der Waals surface area contributed by atoms with Gasteiger partial charge >= 0.3 is 0 Å². The lowest BCUT2D eigenvalue weighted by atomic mass is 10.1. The topological polar surface area (TPSA) is 95.1 Å². The second-order valence-electron chi connectivity index (χ2n) is 4.15. The molecule has 0 aliphatic rings. The minimum Gasteiger partial charge on any atom is -0.491 e. The van der Waals surface area contributed by atoms with Crippen molar-refractivity contribution < 1.29 is 9.53 Å². The fourth-order valence-corrected chi connectivity index (χ4v) is 1.77. The molecule has 0 unspecified atom stereocenters. The van der Waals surface area contributed by atoms with Crippen molar-refractivity contribution in [2.75, 3.05) is 6.61 Å². The number of carbonyl (C=O) groups excluding carboxylic acids is 1. The molecule has 2 rings (SSSR count). The molecule has 20 heavy (non-hydrogen) atoms. The number of aryl methyl sites for hydroxylation is 1. The number of nitrogen functional groups attached to an aromatic ring is 1. The predicted octanol–water partition coefficient (Wildman–Crippen LogP) is 0.523. The second-order valence-corrected chi connectivity index (χ2v) is 4.15. The van der Waals surface area contributed by atoms with Crippen molar-refractivity contribution in [2.45, 2.75) is 19.9 Å². The normalized spacial score (nSPS) is 10.3. The number of nitrogens with two attached hydrogens (primary N) is 1. The molecule has 0 aliphatic carbocycles. The molecule has 1 aromatic heterocycles. The number of para-hydroxylation sites is 1. The van der Waals surface area contributed by atoms with Gasteiger partial charge in [-0.25, -0.2) is 10.5 Å². The van der Waals surface area contributed by atoms with Crippen molar-refractivity contribution >= 4 is 5.91 Å². The lowest BCUT2D eigenvalue weighted by molar-refractivity contribution is 0.0948. The van der Waals surface area contributed by atoms with E-state index in [0.717, 1.165) is 17.7 Å². The fraction of sp³-hybridized carbons (Fsp3) is 0.308. The highest BCUT2D eigenvalue weighted by molar-refractivity contribution is 5.91. The standard InChI is InChI=1S/C13H17N5O2/c1-2-10-5-3-4-6-12(10)20-8-7-18-9-11(16-17-18)13(19)15-14/h3-6,9H,2,7-8,14H2,1H3,(H,15,19). The van der Waals surface area contributed by atoms with Crippen LogP contribution in [0.25, 0.3) is 0 Å². The zero-order valence-electron chi connectivity index (χ0n) is 11.2. The van der Waals surface area contributed by atoms with Crippen LogP contribution in [0.3, 0.4) is 0 Å². The maximum absolute atomic E-state index is 11.2. The van der Waals surface area contributed by atoms with E-state index in [-0.39, 0.29) is 5.69 Å². The summed E-state index contributed by atoms with van der Waals surface area (Å²) in [6, 6.07) is 7.90. The van der Waals surface area contributed by atoms with Crippen LogP contribution in [0.2, 0.25) is 0 Å². The molecule has 0 saturated heterocycles. The van der Waals surface area contributed by atoms with Gasteiger partial charge in [0.2, 0.25) is 0 Å². The van der Waals surface area contributed by atoms with Crippen LogP contribution in [0.4, 0.5) is 0 Å². The summed E-state index contributed by atoms with van der Waals surface area (Å²) in [5.41, 5.74) is 3.35. The molecule has 0 saturated carbocycles. The Kier molecular flexibility index (Phi) is 4.67. The van der Waals surface area contributed by atoms with Gasteiger partial charge in [-0.2, -0.15) is 0 Å². The Morgan fingerprint density at radius 1 is 1.45 bits per heavy atom. The van der Waals surface area contributed by atoms with Gasteiger partial charge < -0.3 is 4.74 Å². The summed E-state index contributed by atoms with van der Waals surface area (Å²) in [6.45, 7) is 3.03. The molecule has 3 N–H and O–H groups in total. The summed E-state index contributed by atoms with van der Waals surface area (Å²) in [6.07, 6.45) is 2.44. The van der Waals surface area contributed by atoms with Crippen molar-refractivity contribution in [2.24, 2.45) is 5.84 Å². The van der Waals surface area contributed by atoms with Crippen LogP contribution < -0.4 is 16.0 Å². The van der Waals surface area contributed by atoms with Crippen LogP contribution in [0.15, 0.2) is 30.5 Å². The van der Waals surface area contributed by atoms with E-state index in [9.17, 15) is 4.79 Å². The molecule has 106 valence electrons. The Morgan fingerprint density at radius 3 is 3.00 bits per heavy atom. The Bertz CT molecular complexity index is 582.